The third-order valence-corrected chi connectivity index (χ3v) is 6.38. The molecule has 2 aromatic heterocycles. The molecule has 0 atom stereocenters. The summed E-state index contributed by atoms with van der Waals surface area (Å²) in [5, 5.41) is 9.48. The van der Waals surface area contributed by atoms with Crippen molar-refractivity contribution in [1.82, 2.24) is 25.0 Å². The van der Waals surface area contributed by atoms with Crippen LogP contribution in [-0.4, -0.2) is 68.7 Å². The first-order valence-corrected chi connectivity index (χ1v) is 11.4. The Hall–Kier alpha value is -2.91. The van der Waals surface area contributed by atoms with Gasteiger partial charge in [0.2, 0.25) is 11.1 Å². The van der Waals surface area contributed by atoms with Gasteiger partial charge in [0.05, 0.1) is 10.6 Å². The number of carbonyl (C=O) groups excluding carboxylic acids is 2. The number of amides is 2. The Morgan fingerprint density at radius 1 is 1.03 bits per heavy atom. The lowest BCUT2D eigenvalue weighted by atomic mass is 10.2. The molecule has 1 aromatic carbocycles. The quantitative estimate of drug-likeness (QED) is 0.597. The minimum atomic E-state index is 0.0365. The number of aromatic nitrogens is 3. The lowest BCUT2D eigenvalue weighted by molar-refractivity contribution is -0.129. The van der Waals surface area contributed by atoms with E-state index in [1.54, 1.807) is 4.90 Å². The molecule has 3 aromatic rings. The van der Waals surface area contributed by atoms with Gasteiger partial charge in [-0.25, -0.2) is 4.98 Å². The number of hydrogen-bond acceptors (Lipinski definition) is 6. The zero-order valence-corrected chi connectivity index (χ0v) is 17.9. The van der Waals surface area contributed by atoms with Gasteiger partial charge in [-0.2, -0.15) is 0 Å². The summed E-state index contributed by atoms with van der Waals surface area (Å²) in [6.07, 6.45) is 3.81. The summed E-state index contributed by atoms with van der Waals surface area (Å²) >= 11 is 2.76. The van der Waals surface area contributed by atoms with Crippen molar-refractivity contribution in [2.75, 3.05) is 31.9 Å². The third-order valence-electron chi connectivity index (χ3n) is 4.69. The lowest BCUT2D eigenvalue weighted by Gasteiger charge is -2.34. The monoisotopic (exact) mass is 439 g/mol. The van der Waals surface area contributed by atoms with E-state index in [0.29, 0.717) is 37.2 Å². The molecule has 0 unspecified atom stereocenters. The molecule has 1 fully saturated rings. The number of thiophene rings is 1. The van der Waals surface area contributed by atoms with E-state index < -0.39 is 0 Å². The Balaban J connectivity index is 1.23. The fourth-order valence-corrected chi connectivity index (χ4v) is 4.47. The summed E-state index contributed by atoms with van der Waals surface area (Å²) in [5.74, 6) is 1.01. The molecule has 30 heavy (non-hydrogen) atoms. The summed E-state index contributed by atoms with van der Waals surface area (Å²) < 4.78 is 0. The highest BCUT2D eigenvalue weighted by molar-refractivity contribution is 7.99. The first kappa shape index (κ1) is 20.4. The second-order valence-corrected chi connectivity index (χ2v) is 8.58. The minimum absolute atomic E-state index is 0.0365. The van der Waals surface area contributed by atoms with Crippen molar-refractivity contribution < 1.29 is 9.59 Å². The number of H-pyrrole nitrogens is 1. The molecule has 1 aliphatic heterocycles. The van der Waals surface area contributed by atoms with Crippen LogP contribution in [0.25, 0.3) is 12.2 Å². The molecule has 4 rings (SSSR count). The number of aromatic amines is 1. The van der Waals surface area contributed by atoms with Crippen molar-refractivity contribution in [2.45, 2.75) is 5.16 Å². The molecule has 0 radical (unpaired) electrons. The molecular formula is C21H21N5O2S2. The van der Waals surface area contributed by atoms with Crippen LogP contribution in [0.2, 0.25) is 0 Å². The molecule has 1 N–H and O–H groups in total. The number of hydrogen-bond donors (Lipinski definition) is 1. The van der Waals surface area contributed by atoms with E-state index in [9.17, 15) is 9.59 Å². The van der Waals surface area contributed by atoms with Crippen LogP contribution >= 0.6 is 23.1 Å². The van der Waals surface area contributed by atoms with Gasteiger partial charge in [0, 0.05) is 26.2 Å². The van der Waals surface area contributed by atoms with E-state index in [4.69, 9.17) is 0 Å². The topological polar surface area (TPSA) is 82.2 Å². The van der Waals surface area contributed by atoms with E-state index in [1.807, 2.05) is 64.9 Å². The van der Waals surface area contributed by atoms with Crippen LogP contribution in [0.4, 0.5) is 0 Å². The normalized spacial score (nSPS) is 14.4. The minimum Gasteiger partial charge on any atom is -0.338 e. The molecule has 2 amide bonds. The SMILES string of the molecule is O=C(CSc1n[nH]c(C=Cc2ccccc2)n1)N1CCN(C(=O)c2cccs2)CC1. The smallest absolute Gasteiger partial charge is 0.264 e. The predicted octanol–water partition coefficient (Wildman–Crippen LogP) is 3.11. The number of thioether (sulfide) groups is 1. The van der Waals surface area contributed by atoms with Gasteiger partial charge in [0.15, 0.2) is 0 Å². The maximum atomic E-state index is 12.5. The largest absolute Gasteiger partial charge is 0.338 e. The lowest BCUT2D eigenvalue weighted by Crippen LogP contribution is -2.51. The number of nitrogens with zero attached hydrogens (tertiary/aromatic N) is 4. The first-order chi connectivity index (χ1) is 14.7. The van der Waals surface area contributed by atoms with Crippen molar-refractivity contribution in [2.24, 2.45) is 0 Å². The second-order valence-electron chi connectivity index (χ2n) is 6.69. The van der Waals surface area contributed by atoms with Crippen molar-refractivity contribution >= 4 is 47.1 Å². The third kappa shape index (κ3) is 5.17. The Morgan fingerprint density at radius 3 is 2.53 bits per heavy atom. The highest BCUT2D eigenvalue weighted by atomic mass is 32.2. The zero-order chi connectivity index (χ0) is 20.8. The molecule has 0 saturated carbocycles. The fraction of sp³-hybridized carbons (Fsp3) is 0.238. The van der Waals surface area contributed by atoms with Crippen LogP contribution in [-0.2, 0) is 4.79 Å². The van der Waals surface area contributed by atoms with Gasteiger partial charge in [0.1, 0.15) is 5.82 Å². The van der Waals surface area contributed by atoms with Crippen LogP contribution in [0.1, 0.15) is 21.1 Å². The van der Waals surface area contributed by atoms with E-state index in [-0.39, 0.29) is 17.6 Å². The molecule has 9 heteroatoms. The molecule has 154 valence electrons. The summed E-state index contributed by atoms with van der Waals surface area (Å²) in [6, 6.07) is 13.7. The van der Waals surface area contributed by atoms with Crippen LogP contribution < -0.4 is 0 Å². The van der Waals surface area contributed by atoms with Gasteiger partial charge in [-0.05, 0) is 23.1 Å². The standard InChI is InChI=1S/C21H21N5O2S2/c27-19(25-10-12-26(13-11-25)20(28)17-7-4-14-29-17)15-30-21-22-18(23-24-21)9-8-16-5-2-1-3-6-16/h1-9,14H,10-13,15H2,(H,22,23,24). The first-order valence-electron chi connectivity index (χ1n) is 9.58. The van der Waals surface area contributed by atoms with Crippen molar-refractivity contribution in [3.8, 4) is 0 Å². The molecule has 0 bridgehead atoms. The molecule has 1 aliphatic rings. The summed E-state index contributed by atoms with van der Waals surface area (Å²) in [6.45, 7) is 2.22. The van der Waals surface area contributed by atoms with E-state index in [0.717, 1.165) is 10.4 Å². The molecule has 3 heterocycles. The van der Waals surface area contributed by atoms with Crippen LogP contribution in [0.15, 0.2) is 53.0 Å². The molecule has 7 nitrogen and oxygen atoms in total. The number of nitrogens with one attached hydrogen (secondary N) is 1. The van der Waals surface area contributed by atoms with Gasteiger partial charge in [0.25, 0.3) is 5.91 Å². The van der Waals surface area contributed by atoms with Gasteiger partial charge < -0.3 is 9.80 Å². The van der Waals surface area contributed by atoms with Crippen LogP contribution in [0.5, 0.6) is 0 Å². The summed E-state index contributed by atoms with van der Waals surface area (Å²) in [5.41, 5.74) is 1.08. The highest BCUT2D eigenvalue weighted by Crippen LogP contribution is 2.17. The molecule has 1 saturated heterocycles. The molecular weight excluding hydrogens is 418 g/mol. The Labute approximate surface area is 182 Å². The van der Waals surface area contributed by atoms with Gasteiger partial charge >= 0.3 is 0 Å². The van der Waals surface area contributed by atoms with E-state index in [2.05, 4.69) is 15.2 Å². The Kier molecular flexibility index (Phi) is 6.60. The molecule has 0 spiro atoms. The second kappa shape index (κ2) is 9.73. The average molecular weight is 440 g/mol. The van der Waals surface area contributed by atoms with Gasteiger partial charge in [-0.3, -0.25) is 14.7 Å². The summed E-state index contributed by atoms with van der Waals surface area (Å²) in [7, 11) is 0. The van der Waals surface area contributed by atoms with Crippen LogP contribution in [0.3, 0.4) is 0 Å². The molecule has 0 aliphatic carbocycles. The van der Waals surface area contributed by atoms with Crippen molar-refractivity contribution in [3.05, 3.63) is 64.1 Å². The average Bonchev–Trinajstić information content (AvgIpc) is 3.49. The number of carbonyl (C=O) groups is 2. The van der Waals surface area contributed by atoms with Crippen LogP contribution in [0, 0.1) is 0 Å². The fourth-order valence-electron chi connectivity index (χ4n) is 3.07. The zero-order valence-electron chi connectivity index (χ0n) is 16.2. The maximum Gasteiger partial charge on any atom is 0.264 e. The number of piperazine rings is 1. The highest BCUT2D eigenvalue weighted by Gasteiger charge is 2.25. The Bertz CT molecular complexity index is 1010. The summed E-state index contributed by atoms with van der Waals surface area (Å²) in [4.78, 5) is 33.7. The number of benzene rings is 1. The number of rotatable bonds is 6. The predicted molar refractivity (Wildman–Crippen MR) is 119 cm³/mol. The van der Waals surface area contributed by atoms with E-state index >= 15 is 0 Å². The van der Waals surface area contributed by atoms with Gasteiger partial charge in [-0.1, -0.05) is 54.2 Å². The van der Waals surface area contributed by atoms with Crippen molar-refractivity contribution in [1.29, 1.82) is 0 Å². The van der Waals surface area contributed by atoms with Gasteiger partial charge in [-0.15, -0.1) is 16.4 Å². The van der Waals surface area contributed by atoms with Crippen molar-refractivity contribution in [3.63, 3.8) is 0 Å². The van der Waals surface area contributed by atoms with E-state index in [1.165, 1.54) is 23.1 Å². The Morgan fingerprint density at radius 2 is 1.80 bits per heavy atom. The maximum absolute atomic E-state index is 12.5.